The number of amides is 3. The molecule has 0 aliphatic carbocycles. The fraction of sp³-hybridized carbons (Fsp3) is 0.143. The minimum absolute atomic E-state index is 0.0774. The number of rotatable bonds is 7. The molecule has 1 heterocycles. The predicted molar refractivity (Wildman–Crippen MR) is 115 cm³/mol. The Kier molecular flexibility index (Phi) is 6.17. The molecule has 1 atom stereocenters. The standard InChI is InChI=1S/C21H20ClN5O3/c1-12(2)18(21(30)24-14-7-5-6-13(22)10-14)25-17(28)11-27-16-9-4-3-8-15(16)19(26-27)20(23)29/h3-10,18H,1,11H2,2H3,(H2,23,29)(H,24,30)(H,25,28)/t18-/m0/s1. The van der Waals surface area contributed by atoms with Gasteiger partial charge in [0.25, 0.3) is 11.8 Å². The van der Waals surface area contributed by atoms with Gasteiger partial charge in [0.15, 0.2) is 5.69 Å². The smallest absolute Gasteiger partial charge is 0.269 e. The lowest BCUT2D eigenvalue weighted by atomic mass is 10.1. The van der Waals surface area contributed by atoms with Gasteiger partial charge in [-0.3, -0.25) is 19.1 Å². The van der Waals surface area contributed by atoms with Crippen LogP contribution in [0, 0.1) is 0 Å². The monoisotopic (exact) mass is 425 g/mol. The summed E-state index contributed by atoms with van der Waals surface area (Å²) in [6.45, 7) is 5.22. The van der Waals surface area contributed by atoms with Gasteiger partial charge in [0.05, 0.1) is 5.52 Å². The van der Waals surface area contributed by atoms with E-state index in [1.807, 2.05) is 0 Å². The van der Waals surface area contributed by atoms with E-state index in [-0.39, 0.29) is 12.2 Å². The zero-order valence-electron chi connectivity index (χ0n) is 16.2. The molecule has 0 fully saturated rings. The van der Waals surface area contributed by atoms with E-state index in [1.165, 1.54) is 4.68 Å². The molecule has 30 heavy (non-hydrogen) atoms. The number of halogens is 1. The van der Waals surface area contributed by atoms with Gasteiger partial charge in [-0.05, 0) is 36.8 Å². The molecular formula is C21H20ClN5O3. The number of aromatic nitrogens is 2. The lowest BCUT2D eigenvalue weighted by Crippen LogP contribution is -2.45. The second-order valence-corrected chi connectivity index (χ2v) is 7.17. The van der Waals surface area contributed by atoms with Gasteiger partial charge in [-0.1, -0.05) is 42.4 Å². The van der Waals surface area contributed by atoms with Crippen LogP contribution >= 0.6 is 11.6 Å². The Morgan fingerprint density at radius 2 is 1.93 bits per heavy atom. The molecular weight excluding hydrogens is 406 g/mol. The number of benzene rings is 2. The van der Waals surface area contributed by atoms with Gasteiger partial charge < -0.3 is 16.4 Å². The van der Waals surface area contributed by atoms with Crippen LogP contribution < -0.4 is 16.4 Å². The van der Waals surface area contributed by atoms with Gasteiger partial charge in [0.1, 0.15) is 12.6 Å². The Balaban J connectivity index is 1.76. The Morgan fingerprint density at radius 3 is 2.60 bits per heavy atom. The summed E-state index contributed by atoms with van der Waals surface area (Å²) < 4.78 is 1.37. The summed E-state index contributed by atoms with van der Waals surface area (Å²) in [5, 5.41) is 10.5. The molecule has 0 unspecified atom stereocenters. The maximum Gasteiger partial charge on any atom is 0.269 e. The molecule has 0 bridgehead atoms. The highest BCUT2D eigenvalue weighted by molar-refractivity contribution is 6.30. The molecule has 0 saturated carbocycles. The first-order chi connectivity index (χ1) is 14.3. The fourth-order valence-corrected chi connectivity index (χ4v) is 3.16. The van der Waals surface area contributed by atoms with Gasteiger partial charge in [-0.25, -0.2) is 0 Å². The molecule has 3 amide bonds. The number of nitrogens with zero attached hydrogens (tertiary/aromatic N) is 2. The molecule has 1 aromatic heterocycles. The SMILES string of the molecule is C=C(C)[C@H](NC(=O)Cn1nc(C(N)=O)c2ccccc21)C(=O)Nc1cccc(Cl)c1. The van der Waals surface area contributed by atoms with Crippen LogP contribution in [0.25, 0.3) is 10.9 Å². The predicted octanol–water partition coefficient (Wildman–Crippen LogP) is 2.49. The van der Waals surface area contributed by atoms with Crippen molar-refractivity contribution in [2.24, 2.45) is 5.73 Å². The maximum absolute atomic E-state index is 12.6. The van der Waals surface area contributed by atoms with E-state index < -0.39 is 23.8 Å². The molecule has 3 rings (SSSR count). The number of para-hydroxylation sites is 1. The van der Waals surface area contributed by atoms with Crippen LogP contribution in [0.15, 0.2) is 60.7 Å². The molecule has 3 aromatic rings. The number of hydrogen-bond donors (Lipinski definition) is 3. The summed E-state index contributed by atoms with van der Waals surface area (Å²) in [6, 6.07) is 12.6. The summed E-state index contributed by atoms with van der Waals surface area (Å²) >= 11 is 5.94. The third kappa shape index (κ3) is 4.66. The first kappa shape index (κ1) is 21.1. The number of carbonyl (C=O) groups excluding carboxylic acids is 3. The first-order valence-corrected chi connectivity index (χ1v) is 9.40. The van der Waals surface area contributed by atoms with Crippen molar-refractivity contribution >= 4 is 45.9 Å². The molecule has 0 saturated heterocycles. The Bertz CT molecular complexity index is 1150. The van der Waals surface area contributed by atoms with Gasteiger partial charge in [-0.2, -0.15) is 5.10 Å². The van der Waals surface area contributed by atoms with E-state index in [1.54, 1.807) is 55.5 Å². The average molecular weight is 426 g/mol. The fourth-order valence-electron chi connectivity index (χ4n) is 2.97. The van der Waals surface area contributed by atoms with Crippen molar-refractivity contribution in [2.45, 2.75) is 19.5 Å². The molecule has 0 radical (unpaired) electrons. The highest BCUT2D eigenvalue weighted by Crippen LogP contribution is 2.18. The number of primary amides is 1. The van der Waals surface area contributed by atoms with Gasteiger partial charge in [0.2, 0.25) is 5.91 Å². The Hall–Kier alpha value is -3.65. The summed E-state index contributed by atoms with van der Waals surface area (Å²) in [6.07, 6.45) is 0. The van der Waals surface area contributed by atoms with Crippen LogP contribution in [0.1, 0.15) is 17.4 Å². The van der Waals surface area contributed by atoms with Crippen molar-refractivity contribution < 1.29 is 14.4 Å². The lowest BCUT2D eigenvalue weighted by Gasteiger charge is -2.19. The van der Waals surface area contributed by atoms with Crippen LogP contribution in [0.3, 0.4) is 0 Å². The quantitative estimate of drug-likeness (QED) is 0.504. The highest BCUT2D eigenvalue weighted by atomic mass is 35.5. The summed E-state index contributed by atoms with van der Waals surface area (Å²) in [4.78, 5) is 36.9. The van der Waals surface area contributed by atoms with Gasteiger partial charge in [-0.15, -0.1) is 0 Å². The van der Waals surface area contributed by atoms with E-state index in [0.29, 0.717) is 27.2 Å². The first-order valence-electron chi connectivity index (χ1n) is 9.03. The van der Waals surface area contributed by atoms with Crippen LogP contribution in [0.5, 0.6) is 0 Å². The number of carbonyl (C=O) groups is 3. The van der Waals surface area contributed by atoms with Crippen molar-refractivity contribution in [1.29, 1.82) is 0 Å². The topological polar surface area (TPSA) is 119 Å². The zero-order valence-corrected chi connectivity index (χ0v) is 16.9. The second-order valence-electron chi connectivity index (χ2n) is 6.73. The number of nitrogens with two attached hydrogens (primary N) is 1. The van der Waals surface area contributed by atoms with E-state index in [9.17, 15) is 14.4 Å². The summed E-state index contributed by atoms with van der Waals surface area (Å²) in [5.41, 5.74) is 6.98. The van der Waals surface area contributed by atoms with E-state index in [0.717, 1.165) is 0 Å². The van der Waals surface area contributed by atoms with Gasteiger partial charge in [0, 0.05) is 16.1 Å². The highest BCUT2D eigenvalue weighted by Gasteiger charge is 2.23. The minimum Gasteiger partial charge on any atom is -0.364 e. The largest absolute Gasteiger partial charge is 0.364 e. The Labute approximate surface area is 177 Å². The molecule has 4 N–H and O–H groups in total. The number of anilines is 1. The van der Waals surface area contributed by atoms with Crippen molar-refractivity contribution in [3.8, 4) is 0 Å². The van der Waals surface area contributed by atoms with E-state index in [4.69, 9.17) is 17.3 Å². The van der Waals surface area contributed by atoms with Crippen LogP contribution in [0.2, 0.25) is 5.02 Å². The van der Waals surface area contributed by atoms with E-state index >= 15 is 0 Å². The minimum atomic E-state index is -0.964. The zero-order chi connectivity index (χ0) is 21.8. The van der Waals surface area contributed by atoms with Crippen molar-refractivity contribution in [3.63, 3.8) is 0 Å². The molecule has 2 aromatic carbocycles. The molecule has 0 aliphatic heterocycles. The molecule has 0 spiro atoms. The summed E-state index contributed by atoms with van der Waals surface area (Å²) in [5.74, 6) is -1.62. The molecule has 9 heteroatoms. The van der Waals surface area contributed by atoms with Crippen molar-refractivity contribution in [1.82, 2.24) is 15.1 Å². The third-order valence-corrected chi connectivity index (χ3v) is 4.57. The Morgan fingerprint density at radius 1 is 1.20 bits per heavy atom. The van der Waals surface area contributed by atoms with E-state index in [2.05, 4.69) is 22.3 Å². The second kappa shape index (κ2) is 8.79. The van der Waals surface area contributed by atoms with Crippen molar-refractivity contribution in [3.05, 3.63) is 71.4 Å². The van der Waals surface area contributed by atoms with Crippen LogP contribution in [-0.2, 0) is 16.1 Å². The lowest BCUT2D eigenvalue weighted by molar-refractivity contribution is -0.126. The van der Waals surface area contributed by atoms with Crippen molar-refractivity contribution in [2.75, 3.05) is 5.32 Å². The normalized spacial score (nSPS) is 11.7. The van der Waals surface area contributed by atoms with Gasteiger partial charge >= 0.3 is 0 Å². The summed E-state index contributed by atoms with van der Waals surface area (Å²) in [7, 11) is 0. The number of hydrogen-bond acceptors (Lipinski definition) is 4. The number of nitrogens with one attached hydrogen (secondary N) is 2. The molecule has 0 aliphatic rings. The maximum atomic E-state index is 12.6. The molecule has 154 valence electrons. The molecule has 8 nitrogen and oxygen atoms in total. The third-order valence-electron chi connectivity index (χ3n) is 4.34. The van der Waals surface area contributed by atoms with Crippen LogP contribution in [-0.4, -0.2) is 33.5 Å². The average Bonchev–Trinajstić information content (AvgIpc) is 3.04. The van der Waals surface area contributed by atoms with Crippen LogP contribution in [0.4, 0.5) is 5.69 Å². The number of fused-ring (bicyclic) bond motifs is 1.